The van der Waals surface area contributed by atoms with E-state index in [1.807, 2.05) is 12.2 Å². The van der Waals surface area contributed by atoms with Crippen molar-refractivity contribution in [1.82, 2.24) is 0 Å². The SMILES string of the molecule is CCCCCC(=O)/C=C/C=C\CCCCCCCC(=O)O[C@@H](CO)COC(=O)CCCCCCCCCCCC(C)C. The van der Waals surface area contributed by atoms with E-state index in [0.29, 0.717) is 19.3 Å². The first kappa shape index (κ1) is 40.1. The molecule has 0 heterocycles. The molecule has 0 aromatic carbocycles. The third kappa shape index (κ3) is 29.5. The molecule has 0 aliphatic carbocycles. The molecule has 0 rings (SSSR count). The van der Waals surface area contributed by atoms with E-state index in [-0.39, 0.29) is 30.9 Å². The van der Waals surface area contributed by atoms with Gasteiger partial charge in [-0.15, -0.1) is 0 Å². The number of unbranched alkanes of at least 4 members (excludes halogenated alkanes) is 15. The van der Waals surface area contributed by atoms with Crippen LogP contribution in [0.1, 0.15) is 162 Å². The molecule has 0 radical (unpaired) electrons. The fraction of sp³-hybridized carbons (Fsp3) is 0.806. The van der Waals surface area contributed by atoms with Crippen LogP contribution in [0.2, 0.25) is 0 Å². The second-order valence-electron chi connectivity index (χ2n) is 12.1. The summed E-state index contributed by atoms with van der Waals surface area (Å²) in [6, 6.07) is 0. The van der Waals surface area contributed by atoms with Crippen LogP contribution >= 0.6 is 0 Å². The molecule has 0 aromatic rings. The molecule has 0 amide bonds. The second-order valence-corrected chi connectivity index (χ2v) is 12.1. The minimum atomic E-state index is -0.797. The van der Waals surface area contributed by atoms with E-state index < -0.39 is 6.10 Å². The highest BCUT2D eigenvalue weighted by Gasteiger charge is 2.16. The minimum absolute atomic E-state index is 0.0897. The van der Waals surface area contributed by atoms with Gasteiger partial charge in [0.1, 0.15) is 6.61 Å². The molecular formula is C36H64O6. The molecule has 1 atom stereocenters. The lowest BCUT2D eigenvalue weighted by Crippen LogP contribution is -2.28. The molecule has 0 saturated carbocycles. The summed E-state index contributed by atoms with van der Waals surface area (Å²) in [6.07, 6.45) is 29.3. The molecule has 6 nitrogen and oxygen atoms in total. The van der Waals surface area contributed by atoms with E-state index in [4.69, 9.17) is 9.47 Å². The lowest BCUT2D eigenvalue weighted by atomic mass is 10.0. The van der Waals surface area contributed by atoms with E-state index in [1.54, 1.807) is 6.08 Å². The monoisotopic (exact) mass is 592 g/mol. The quantitative estimate of drug-likeness (QED) is 0.0387. The fourth-order valence-corrected chi connectivity index (χ4v) is 4.72. The molecule has 0 aliphatic heterocycles. The first-order valence-electron chi connectivity index (χ1n) is 17.2. The van der Waals surface area contributed by atoms with Crippen molar-refractivity contribution in [3.8, 4) is 0 Å². The number of carbonyl (C=O) groups is 3. The zero-order valence-electron chi connectivity index (χ0n) is 27.4. The van der Waals surface area contributed by atoms with Crippen molar-refractivity contribution in [3.05, 3.63) is 24.3 Å². The number of carbonyl (C=O) groups excluding carboxylic acids is 3. The molecule has 244 valence electrons. The summed E-state index contributed by atoms with van der Waals surface area (Å²) in [4.78, 5) is 35.8. The Balaban J connectivity index is 3.67. The summed E-state index contributed by atoms with van der Waals surface area (Å²) < 4.78 is 10.5. The fourth-order valence-electron chi connectivity index (χ4n) is 4.72. The van der Waals surface area contributed by atoms with Gasteiger partial charge < -0.3 is 14.6 Å². The summed E-state index contributed by atoms with van der Waals surface area (Å²) in [5, 5.41) is 9.50. The van der Waals surface area contributed by atoms with Gasteiger partial charge >= 0.3 is 11.9 Å². The van der Waals surface area contributed by atoms with Crippen LogP contribution < -0.4 is 0 Å². The van der Waals surface area contributed by atoms with E-state index in [2.05, 4.69) is 26.8 Å². The van der Waals surface area contributed by atoms with Crippen LogP contribution in [0.25, 0.3) is 0 Å². The third-order valence-corrected chi connectivity index (χ3v) is 7.40. The molecule has 1 N–H and O–H groups in total. The van der Waals surface area contributed by atoms with Gasteiger partial charge in [-0.2, -0.15) is 0 Å². The van der Waals surface area contributed by atoms with Crippen molar-refractivity contribution in [2.24, 2.45) is 5.92 Å². The lowest BCUT2D eigenvalue weighted by Gasteiger charge is -2.15. The van der Waals surface area contributed by atoms with Gasteiger partial charge in [-0.3, -0.25) is 14.4 Å². The van der Waals surface area contributed by atoms with E-state index >= 15 is 0 Å². The second kappa shape index (κ2) is 30.5. The summed E-state index contributed by atoms with van der Waals surface area (Å²) in [5.74, 6) is 0.355. The Morgan fingerprint density at radius 1 is 0.667 bits per heavy atom. The maximum absolute atomic E-state index is 12.1. The smallest absolute Gasteiger partial charge is 0.306 e. The van der Waals surface area contributed by atoms with Gasteiger partial charge in [0.05, 0.1) is 6.61 Å². The van der Waals surface area contributed by atoms with Crippen molar-refractivity contribution in [3.63, 3.8) is 0 Å². The molecule has 0 bridgehead atoms. The van der Waals surface area contributed by atoms with Crippen molar-refractivity contribution in [2.75, 3.05) is 13.2 Å². The average Bonchev–Trinajstić information content (AvgIpc) is 2.96. The van der Waals surface area contributed by atoms with Crippen LogP contribution in [0.15, 0.2) is 24.3 Å². The van der Waals surface area contributed by atoms with Crippen LogP contribution in [0.4, 0.5) is 0 Å². The van der Waals surface area contributed by atoms with Gasteiger partial charge in [-0.1, -0.05) is 129 Å². The highest BCUT2D eigenvalue weighted by molar-refractivity contribution is 5.89. The number of esters is 2. The van der Waals surface area contributed by atoms with Gasteiger partial charge in [0.15, 0.2) is 11.9 Å². The van der Waals surface area contributed by atoms with Gasteiger partial charge in [0.2, 0.25) is 0 Å². The number of hydrogen-bond acceptors (Lipinski definition) is 6. The number of aliphatic hydroxyl groups is 1. The largest absolute Gasteiger partial charge is 0.462 e. The Kier molecular flexibility index (Phi) is 29.1. The highest BCUT2D eigenvalue weighted by Crippen LogP contribution is 2.14. The van der Waals surface area contributed by atoms with Gasteiger partial charge in [0.25, 0.3) is 0 Å². The molecular weight excluding hydrogens is 528 g/mol. The predicted octanol–water partition coefficient (Wildman–Crippen LogP) is 9.37. The first-order valence-corrected chi connectivity index (χ1v) is 17.2. The van der Waals surface area contributed by atoms with Gasteiger partial charge in [0, 0.05) is 19.3 Å². The van der Waals surface area contributed by atoms with Gasteiger partial charge in [-0.05, 0) is 44.1 Å². The number of ketones is 1. The lowest BCUT2D eigenvalue weighted by molar-refractivity contribution is -0.161. The Labute approximate surface area is 258 Å². The van der Waals surface area contributed by atoms with Crippen LogP contribution in [-0.4, -0.2) is 42.1 Å². The van der Waals surface area contributed by atoms with Crippen molar-refractivity contribution in [1.29, 1.82) is 0 Å². The van der Waals surface area contributed by atoms with Gasteiger partial charge in [-0.25, -0.2) is 0 Å². The highest BCUT2D eigenvalue weighted by atomic mass is 16.6. The Bertz CT molecular complexity index is 712. The van der Waals surface area contributed by atoms with E-state index in [9.17, 15) is 19.5 Å². The standard InChI is InChI=1S/C36H64O6/c1-4-5-20-26-33(38)27-22-17-13-9-7-11-15-19-24-29-36(40)42-34(30-37)31-41-35(39)28-23-18-14-10-6-8-12-16-21-25-32(2)3/h13,17,22,27,32,34,37H,4-12,14-16,18-21,23-26,28-31H2,1-3H3/b17-13-,27-22+/t34-/m0/s1. The molecule has 6 heteroatoms. The van der Waals surface area contributed by atoms with Crippen LogP contribution in [0.3, 0.4) is 0 Å². The minimum Gasteiger partial charge on any atom is -0.462 e. The summed E-state index contributed by atoms with van der Waals surface area (Å²) >= 11 is 0. The van der Waals surface area contributed by atoms with E-state index in [0.717, 1.165) is 83.0 Å². The number of hydrogen-bond donors (Lipinski definition) is 1. The van der Waals surface area contributed by atoms with Crippen molar-refractivity contribution in [2.45, 2.75) is 168 Å². The predicted molar refractivity (Wildman–Crippen MR) is 173 cm³/mol. The maximum Gasteiger partial charge on any atom is 0.306 e. The number of aliphatic hydroxyl groups excluding tert-OH is 1. The molecule has 0 spiro atoms. The molecule has 0 aliphatic rings. The summed E-state index contributed by atoms with van der Waals surface area (Å²) in [7, 11) is 0. The van der Waals surface area contributed by atoms with Crippen molar-refractivity contribution >= 4 is 17.7 Å². The van der Waals surface area contributed by atoms with Crippen LogP contribution in [-0.2, 0) is 23.9 Å². The first-order chi connectivity index (χ1) is 20.4. The molecule has 0 aromatic heterocycles. The molecule has 0 saturated heterocycles. The molecule has 0 fully saturated rings. The normalized spacial score (nSPS) is 12.4. The topological polar surface area (TPSA) is 89.9 Å². The number of ether oxygens (including phenoxy) is 2. The Hall–Kier alpha value is -1.95. The molecule has 0 unspecified atom stereocenters. The third-order valence-electron chi connectivity index (χ3n) is 7.40. The maximum atomic E-state index is 12.1. The zero-order valence-corrected chi connectivity index (χ0v) is 27.4. The van der Waals surface area contributed by atoms with Crippen LogP contribution in [0, 0.1) is 5.92 Å². The summed E-state index contributed by atoms with van der Waals surface area (Å²) in [6.45, 7) is 6.25. The van der Waals surface area contributed by atoms with Crippen molar-refractivity contribution < 1.29 is 29.0 Å². The molecule has 42 heavy (non-hydrogen) atoms. The number of rotatable bonds is 30. The Morgan fingerprint density at radius 2 is 1.21 bits per heavy atom. The number of allylic oxidation sites excluding steroid dienone is 4. The van der Waals surface area contributed by atoms with Crippen LogP contribution in [0.5, 0.6) is 0 Å². The summed E-state index contributed by atoms with van der Waals surface area (Å²) in [5.41, 5.74) is 0. The average molecular weight is 593 g/mol. The Morgan fingerprint density at radius 3 is 1.81 bits per heavy atom. The zero-order chi connectivity index (χ0) is 31.1. The van der Waals surface area contributed by atoms with E-state index in [1.165, 1.54) is 44.9 Å².